The Bertz CT molecular complexity index is 485. The molecule has 0 saturated carbocycles. The molecule has 1 N–H and O–H groups in total. The smallest absolute Gasteiger partial charge is 0.323 e. The molecule has 0 amide bonds. The molecule has 21 heavy (non-hydrogen) atoms. The fourth-order valence-corrected chi connectivity index (χ4v) is 2.34. The van der Waals surface area contributed by atoms with Gasteiger partial charge in [0.15, 0.2) is 0 Å². The maximum Gasteiger partial charge on any atom is 0.323 e. The summed E-state index contributed by atoms with van der Waals surface area (Å²) in [4.78, 5) is 11.5. The van der Waals surface area contributed by atoms with E-state index < -0.39 is 0 Å². The number of nitrogens with one attached hydrogen (secondary N) is 1. The third kappa shape index (κ3) is 4.61. The molecule has 1 aromatic carbocycles. The largest absolute Gasteiger partial charge is 0.489 e. The van der Waals surface area contributed by atoms with E-state index in [2.05, 4.69) is 38.2 Å². The lowest BCUT2D eigenvalue weighted by Gasteiger charge is -2.21. The van der Waals surface area contributed by atoms with Gasteiger partial charge >= 0.3 is 5.97 Å². The number of hydrogen-bond acceptors (Lipinski definition) is 4. The van der Waals surface area contributed by atoms with E-state index in [1.54, 1.807) is 0 Å². The minimum Gasteiger partial charge on any atom is -0.489 e. The molecule has 2 atom stereocenters. The molecular formula is C16H24ClNO3. The normalized spacial score (nSPS) is 21.5. The van der Waals surface area contributed by atoms with Crippen LogP contribution in [0.2, 0.25) is 0 Å². The Morgan fingerprint density at radius 2 is 2.05 bits per heavy atom. The summed E-state index contributed by atoms with van der Waals surface area (Å²) in [5.41, 5.74) is 1.34. The maximum absolute atomic E-state index is 11.5. The van der Waals surface area contributed by atoms with Gasteiger partial charge < -0.3 is 14.8 Å². The van der Waals surface area contributed by atoms with E-state index >= 15 is 0 Å². The number of carbonyl (C=O) groups is 1. The van der Waals surface area contributed by atoms with Crippen molar-refractivity contribution in [2.75, 3.05) is 13.7 Å². The highest BCUT2D eigenvalue weighted by molar-refractivity contribution is 5.85. The van der Waals surface area contributed by atoms with E-state index in [1.807, 2.05) is 12.1 Å². The minimum absolute atomic E-state index is 0. The molecule has 4 nitrogen and oxygen atoms in total. The number of benzene rings is 1. The zero-order chi connectivity index (χ0) is 14.8. The summed E-state index contributed by atoms with van der Waals surface area (Å²) < 4.78 is 10.7. The molecule has 1 saturated heterocycles. The average molecular weight is 314 g/mol. The first-order valence-electron chi connectivity index (χ1n) is 6.98. The quantitative estimate of drug-likeness (QED) is 0.872. The highest BCUT2D eigenvalue weighted by Crippen LogP contribution is 2.27. The molecular weight excluding hydrogens is 290 g/mol. The number of methoxy groups -OCH3 is 1. The molecule has 1 fully saturated rings. The number of hydrogen-bond donors (Lipinski definition) is 1. The number of esters is 1. The third-order valence-corrected chi connectivity index (χ3v) is 3.58. The number of carbonyl (C=O) groups excluding carboxylic acids is 1. The van der Waals surface area contributed by atoms with E-state index in [-0.39, 0.29) is 35.9 Å². The number of halogens is 1. The zero-order valence-electron chi connectivity index (χ0n) is 13.0. The number of rotatable bonds is 3. The van der Waals surface area contributed by atoms with Crippen molar-refractivity contribution in [2.45, 2.75) is 44.8 Å². The Balaban J connectivity index is 0.00000220. The van der Waals surface area contributed by atoms with Crippen molar-refractivity contribution >= 4 is 18.4 Å². The zero-order valence-corrected chi connectivity index (χ0v) is 13.8. The Kier molecular flexibility index (Phi) is 6.05. The first-order chi connectivity index (χ1) is 9.40. The van der Waals surface area contributed by atoms with Crippen molar-refractivity contribution in [1.29, 1.82) is 0 Å². The fourth-order valence-electron chi connectivity index (χ4n) is 2.34. The maximum atomic E-state index is 11.5. The lowest BCUT2D eigenvalue weighted by molar-refractivity contribution is -0.142. The molecule has 1 aliphatic rings. The van der Waals surface area contributed by atoms with Gasteiger partial charge in [0, 0.05) is 13.0 Å². The molecule has 0 bridgehead atoms. The highest BCUT2D eigenvalue weighted by Gasteiger charge is 2.31. The van der Waals surface area contributed by atoms with Crippen LogP contribution in [0.15, 0.2) is 24.3 Å². The fraction of sp³-hybridized carbons (Fsp3) is 0.562. The summed E-state index contributed by atoms with van der Waals surface area (Å²) in [7, 11) is 1.41. The van der Waals surface area contributed by atoms with Crippen molar-refractivity contribution < 1.29 is 14.3 Å². The molecule has 2 rings (SSSR count). The molecule has 0 aromatic heterocycles. The Morgan fingerprint density at radius 1 is 1.33 bits per heavy atom. The first-order valence-corrected chi connectivity index (χ1v) is 6.98. The molecule has 0 spiro atoms. The van der Waals surface area contributed by atoms with Gasteiger partial charge in [-0.2, -0.15) is 0 Å². The Labute approximate surface area is 132 Å². The molecule has 0 unspecified atom stereocenters. The topological polar surface area (TPSA) is 47.6 Å². The molecule has 1 aromatic rings. The Hall–Kier alpha value is -1.26. The first kappa shape index (κ1) is 17.8. The Morgan fingerprint density at radius 3 is 2.67 bits per heavy atom. The van der Waals surface area contributed by atoms with Crippen LogP contribution in [0.25, 0.3) is 0 Å². The average Bonchev–Trinajstić information content (AvgIpc) is 2.85. The van der Waals surface area contributed by atoms with Crippen LogP contribution in [0.4, 0.5) is 0 Å². The highest BCUT2D eigenvalue weighted by atomic mass is 35.5. The van der Waals surface area contributed by atoms with E-state index in [0.717, 1.165) is 5.75 Å². The lowest BCUT2D eigenvalue weighted by Crippen LogP contribution is -2.31. The van der Waals surface area contributed by atoms with Gasteiger partial charge in [0.1, 0.15) is 17.9 Å². The molecule has 1 aliphatic heterocycles. The second-order valence-electron chi connectivity index (χ2n) is 6.24. The van der Waals surface area contributed by atoms with Gasteiger partial charge in [0.2, 0.25) is 0 Å². The predicted molar refractivity (Wildman–Crippen MR) is 85.2 cm³/mol. The summed E-state index contributed by atoms with van der Waals surface area (Å²) in [5, 5.41) is 3.12. The third-order valence-electron chi connectivity index (χ3n) is 3.58. The van der Waals surface area contributed by atoms with E-state index in [0.29, 0.717) is 13.0 Å². The van der Waals surface area contributed by atoms with Crippen LogP contribution < -0.4 is 10.1 Å². The van der Waals surface area contributed by atoms with Crippen molar-refractivity contribution in [3.05, 3.63) is 29.8 Å². The van der Waals surface area contributed by atoms with Crippen LogP contribution in [-0.4, -0.2) is 31.8 Å². The van der Waals surface area contributed by atoms with Gasteiger partial charge in [0.05, 0.1) is 7.11 Å². The molecule has 118 valence electrons. The predicted octanol–water partition coefficient (Wildman–Crippen LogP) is 2.69. The van der Waals surface area contributed by atoms with Crippen molar-refractivity contribution in [3.8, 4) is 5.75 Å². The minimum atomic E-state index is -0.254. The monoisotopic (exact) mass is 313 g/mol. The molecule has 5 heteroatoms. The van der Waals surface area contributed by atoms with Gasteiger partial charge in [-0.05, 0) is 23.1 Å². The van der Waals surface area contributed by atoms with Crippen LogP contribution in [-0.2, 0) is 14.9 Å². The van der Waals surface area contributed by atoms with Crippen molar-refractivity contribution in [2.24, 2.45) is 0 Å². The van der Waals surface area contributed by atoms with E-state index in [9.17, 15) is 4.79 Å². The van der Waals surface area contributed by atoms with E-state index in [4.69, 9.17) is 9.47 Å². The van der Waals surface area contributed by atoms with Crippen LogP contribution in [0, 0.1) is 0 Å². The lowest BCUT2D eigenvalue weighted by atomic mass is 9.87. The standard InChI is InChI=1S/C16H23NO3.ClH/c1-16(2,3)11-6-5-7-12(8-11)20-13-9-14(17-10-13)15(18)19-4;/h5-8,13-14,17H,9-10H2,1-4H3;1H/t13-,14-;/m0./s1. The molecule has 1 heterocycles. The van der Waals surface area contributed by atoms with Crippen molar-refractivity contribution in [3.63, 3.8) is 0 Å². The van der Waals surface area contributed by atoms with Gasteiger partial charge in [-0.25, -0.2) is 0 Å². The van der Waals surface area contributed by atoms with Gasteiger partial charge in [0.25, 0.3) is 0 Å². The van der Waals surface area contributed by atoms with Gasteiger partial charge in [-0.1, -0.05) is 32.9 Å². The van der Waals surface area contributed by atoms with Crippen molar-refractivity contribution in [1.82, 2.24) is 5.32 Å². The van der Waals surface area contributed by atoms with Crippen LogP contribution in [0.1, 0.15) is 32.8 Å². The SMILES string of the molecule is COC(=O)[C@@H]1C[C@H](Oc2cccc(C(C)(C)C)c2)CN1.Cl. The van der Waals surface area contributed by atoms with Gasteiger partial charge in [-0.15, -0.1) is 12.4 Å². The summed E-state index contributed by atoms with van der Waals surface area (Å²) in [6.45, 7) is 7.20. The molecule has 0 aliphatic carbocycles. The van der Waals surface area contributed by atoms with Crippen LogP contribution in [0.3, 0.4) is 0 Å². The summed E-state index contributed by atoms with van der Waals surface area (Å²) in [6.07, 6.45) is 0.654. The van der Waals surface area contributed by atoms with Crippen LogP contribution >= 0.6 is 12.4 Å². The number of ether oxygens (including phenoxy) is 2. The van der Waals surface area contributed by atoms with E-state index in [1.165, 1.54) is 12.7 Å². The summed E-state index contributed by atoms with van der Waals surface area (Å²) >= 11 is 0. The molecule has 0 radical (unpaired) electrons. The van der Waals surface area contributed by atoms with Gasteiger partial charge in [-0.3, -0.25) is 4.79 Å². The second kappa shape index (κ2) is 7.14. The summed E-state index contributed by atoms with van der Waals surface area (Å²) in [6, 6.07) is 7.90. The summed E-state index contributed by atoms with van der Waals surface area (Å²) in [5.74, 6) is 0.634. The van der Waals surface area contributed by atoms with Crippen LogP contribution in [0.5, 0.6) is 5.75 Å². The second-order valence-corrected chi connectivity index (χ2v) is 6.24.